The van der Waals surface area contributed by atoms with Crippen molar-refractivity contribution in [3.8, 4) is 6.07 Å². The van der Waals surface area contributed by atoms with Gasteiger partial charge >= 0.3 is 6.18 Å². The van der Waals surface area contributed by atoms with Gasteiger partial charge in [0.25, 0.3) is 0 Å². The molecule has 2 N–H and O–H groups in total. The maximum atomic E-state index is 13.9. The van der Waals surface area contributed by atoms with Crippen LogP contribution >= 0.6 is 0 Å². The molecule has 8 heteroatoms. The molecule has 0 spiro atoms. The van der Waals surface area contributed by atoms with Gasteiger partial charge in [-0.2, -0.15) is 18.4 Å². The van der Waals surface area contributed by atoms with Gasteiger partial charge in [0.1, 0.15) is 11.9 Å². The second-order valence-corrected chi connectivity index (χ2v) is 7.16. The van der Waals surface area contributed by atoms with E-state index in [-0.39, 0.29) is 17.4 Å². The van der Waals surface area contributed by atoms with E-state index in [1.54, 1.807) is 19.1 Å². The number of hydrogen-bond acceptors (Lipinski definition) is 4. The Bertz CT molecular complexity index is 915. The van der Waals surface area contributed by atoms with E-state index in [9.17, 15) is 27.9 Å². The molecule has 29 heavy (non-hydrogen) atoms. The van der Waals surface area contributed by atoms with Gasteiger partial charge in [0.2, 0.25) is 0 Å². The van der Waals surface area contributed by atoms with Crippen LogP contribution in [-0.2, 0) is 6.18 Å². The van der Waals surface area contributed by atoms with Gasteiger partial charge in [-0.15, -0.1) is 0 Å². The van der Waals surface area contributed by atoms with Gasteiger partial charge < -0.3 is 15.3 Å². The topological polar surface area (TPSA) is 59.3 Å². The largest absolute Gasteiger partial charge is 0.416 e. The number of alkyl halides is 3. The highest BCUT2D eigenvalue weighted by Crippen LogP contribution is 2.35. The fourth-order valence-corrected chi connectivity index (χ4v) is 3.52. The minimum atomic E-state index is -4.54. The zero-order valence-electron chi connectivity index (χ0n) is 15.8. The number of rotatable bonds is 4. The summed E-state index contributed by atoms with van der Waals surface area (Å²) in [5.74, 6) is -0.428. The lowest BCUT2D eigenvalue weighted by Crippen LogP contribution is -2.36. The van der Waals surface area contributed by atoms with Crippen molar-refractivity contribution < 1.29 is 22.7 Å². The molecule has 0 radical (unpaired) electrons. The van der Waals surface area contributed by atoms with Crippen molar-refractivity contribution in [2.24, 2.45) is 0 Å². The lowest BCUT2D eigenvalue weighted by Gasteiger charge is -2.34. The molecule has 1 aliphatic heterocycles. The average Bonchev–Trinajstić information content (AvgIpc) is 2.68. The fourth-order valence-electron chi connectivity index (χ4n) is 3.52. The number of aliphatic hydroxyl groups excluding tert-OH is 1. The number of nitrogens with zero attached hydrogens (tertiary/aromatic N) is 2. The van der Waals surface area contributed by atoms with Crippen molar-refractivity contribution in [2.45, 2.75) is 38.1 Å². The minimum absolute atomic E-state index is 0.134. The van der Waals surface area contributed by atoms with Crippen LogP contribution in [0.5, 0.6) is 0 Å². The van der Waals surface area contributed by atoms with Crippen LogP contribution in [0, 0.1) is 17.1 Å². The molecule has 1 unspecified atom stereocenters. The van der Waals surface area contributed by atoms with Crippen LogP contribution < -0.4 is 10.2 Å². The van der Waals surface area contributed by atoms with Crippen molar-refractivity contribution in [2.75, 3.05) is 23.3 Å². The van der Waals surface area contributed by atoms with Crippen LogP contribution in [0.3, 0.4) is 0 Å². The van der Waals surface area contributed by atoms with Gasteiger partial charge in [0.15, 0.2) is 0 Å². The standard InChI is InChI=1S/C21H21F4N3O/c1-13(27-19-4-2-15(21(23,24)25)10-14(19)12-26)18-11-16(22)3-5-20(18)28-8-6-17(29)7-9-28/h2-5,10-11,13,17,27,29H,6-9H2,1H3. The van der Waals surface area contributed by atoms with E-state index in [2.05, 4.69) is 10.2 Å². The zero-order valence-corrected chi connectivity index (χ0v) is 15.8. The number of nitrogens with one attached hydrogen (secondary N) is 1. The van der Waals surface area contributed by atoms with Crippen molar-refractivity contribution in [1.82, 2.24) is 0 Å². The number of piperidine rings is 1. The first-order valence-corrected chi connectivity index (χ1v) is 9.29. The molecule has 2 aromatic rings. The molecule has 154 valence electrons. The van der Waals surface area contributed by atoms with Crippen LogP contribution in [0.15, 0.2) is 36.4 Å². The first-order chi connectivity index (χ1) is 13.7. The molecule has 3 rings (SSSR count). The first kappa shape index (κ1) is 20.9. The molecule has 1 fully saturated rings. The van der Waals surface area contributed by atoms with Crippen LogP contribution in [0.1, 0.15) is 42.5 Å². The van der Waals surface area contributed by atoms with Crippen molar-refractivity contribution >= 4 is 11.4 Å². The number of anilines is 2. The van der Waals surface area contributed by atoms with Crippen LogP contribution in [0.2, 0.25) is 0 Å². The molecule has 1 heterocycles. The molecule has 4 nitrogen and oxygen atoms in total. The summed E-state index contributed by atoms with van der Waals surface area (Å²) in [7, 11) is 0. The van der Waals surface area contributed by atoms with Gasteiger partial charge in [0.05, 0.1) is 29.0 Å². The molecule has 1 aliphatic rings. The summed E-state index contributed by atoms with van der Waals surface area (Å²) in [5.41, 5.74) is 0.641. The summed E-state index contributed by atoms with van der Waals surface area (Å²) >= 11 is 0. The van der Waals surface area contributed by atoms with E-state index in [1.807, 2.05) is 0 Å². The van der Waals surface area contributed by atoms with E-state index in [1.165, 1.54) is 18.2 Å². The first-order valence-electron chi connectivity index (χ1n) is 9.29. The summed E-state index contributed by atoms with van der Waals surface area (Å²) in [4.78, 5) is 2.05. The molecule has 1 atom stereocenters. The van der Waals surface area contributed by atoms with Gasteiger partial charge in [-0.1, -0.05) is 0 Å². The number of hydrogen-bond donors (Lipinski definition) is 2. The van der Waals surface area contributed by atoms with Gasteiger partial charge in [-0.25, -0.2) is 4.39 Å². The normalized spacial score (nSPS) is 16.4. The van der Waals surface area contributed by atoms with E-state index in [0.29, 0.717) is 31.5 Å². The Hall–Kier alpha value is -2.79. The van der Waals surface area contributed by atoms with Gasteiger partial charge in [-0.3, -0.25) is 0 Å². The predicted octanol–water partition coefficient (Wildman–Crippen LogP) is 4.85. The maximum Gasteiger partial charge on any atom is 0.416 e. The summed E-state index contributed by atoms with van der Waals surface area (Å²) in [6, 6.07) is 8.65. The fraction of sp³-hybridized carbons (Fsp3) is 0.381. The van der Waals surface area contributed by atoms with E-state index in [0.717, 1.165) is 17.8 Å². The van der Waals surface area contributed by atoms with E-state index < -0.39 is 23.6 Å². The average molecular weight is 407 g/mol. The number of benzene rings is 2. The summed E-state index contributed by atoms with van der Waals surface area (Å²) in [6.45, 7) is 3.00. The van der Waals surface area contributed by atoms with E-state index in [4.69, 9.17) is 0 Å². The van der Waals surface area contributed by atoms with Gasteiger partial charge in [-0.05, 0) is 56.2 Å². The second kappa shape index (κ2) is 8.29. The Balaban J connectivity index is 1.89. The Morgan fingerprint density at radius 2 is 1.86 bits per heavy atom. The highest BCUT2D eigenvalue weighted by Gasteiger charge is 2.31. The number of halogens is 4. The number of aliphatic hydroxyl groups is 1. The Kier molecular flexibility index (Phi) is 5.99. The third-order valence-corrected chi connectivity index (χ3v) is 5.10. The number of nitriles is 1. The summed E-state index contributed by atoms with van der Waals surface area (Å²) < 4.78 is 52.6. The van der Waals surface area contributed by atoms with Crippen LogP contribution in [0.4, 0.5) is 28.9 Å². The highest BCUT2D eigenvalue weighted by atomic mass is 19.4. The van der Waals surface area contributed by atoms with Gasteiger partial charge in [0, 0.05) is 24.3 Å². The van der Waals surface area contributed by atoms with Crippen LogP contribution in [0.25, 0.3) is 0 Å². The molecule has 0 saturated carbocycles. The van der Waals surface area contributed by atoms with Crippen molar-refractivity contribution in [3.63, 3.8) is 0 Å². The third-order valence-electron chi connectivity index (χ3n) is 5.10. The molecular weight excluding hydrogens is 386 g/mol. The second-order valence-electron chi connectivity index (χ2n) is 7.16. The molecule has 0 aromatic heterocycles. The molecule has 1 saturated heterocycles. The Morgan fingerprint density at radius 1 is 1.17 bits per heavy atom. The molecule has 2 aromatic carbocycles. The summed E-state index contributed by atoms with van der Waals surface area (Å²) in [5, 5.41) is 22.0. The monoisotopic (exact) mass is 407 g/mol. The SMILES string of the molecule is CC(Nc1ccc(C(F)(F)F)cc1C#N)c1cc(F)ccc1N1CCC(O)CC1. The molecule has 0 aliphatic carbocycles. The lowest BCUT2D eigenvalue weighted by atomic mass is 10.0. The van der Waals surface area contributed by atoms with Crippen molar-refractivity contribution in [3.05, 3.63) is 58.9 Å². The third kappa shape index (κ3) is 4.80. The quantitative estimate of drug-likeness (QED) is 0.712. The highest BCUT2D eigenvalue weighted by molar-refractivity contribution is 5.62. The van der Waals surface area contributed by atoms with E-state index >= 15 is 0 Å². The van der Waals surface area contributed by atoms with Crippen LogP contribution in [-0.4, -0.2) is 24.3 Å². The minimum Gasteiger partial charge on any atom is -0.393 e. The maximum absolute atomic E-state index is 13.9. The molecular formula is C21H21F4N3O. The zero-order chi connectivity index (χ0) is 21.2. The Morgan fingerprint density at radius 3 is 2.48 bits per heavy atom. The molecule has 0 bridgehead atoms. The molecule has 0 amide bonds. The Labute approximate surface area is 166 Å². The smallest absolute Gasteiger partial charge is 0.393 e. The predicted molar refractivity (Wildman–Crippen MR) is 102 cm³/mol. The lowest BCUT2D eigenvalue weighted by molar-refractivity contribution is -0.137. The van der Waals surface area contributed by atoms with Crippen molar-refractivity contribution in [1.29, 1.82) is 5.26 Å². The summed E-state index contributed by atoms with van der Waals surface area (Å²) in [6.07, 6.45) is -3.67.